The zero-order valence-electron chi connectivity index (χ0n) is 25.7. The number of carbonyl (C=O) groups is 4. The number of aliphatic hydroxyl groups excluding tert-OH is 1. The largest absolute Gasteiger partial charge is 0.449 e. The number of benzene rings is 3. The molecule has 0 radical (unpaired) electrons. The van der Waals surface area contributed by atoms with Gasteiger partial charge < -0.3 is 36.8 Å². The third kappa shape index (κ3) is 8.02. The Balaban J connectivity index is 1.25. The fraction of sp³-hybridized carbons (Fsp3) is 0.371. The number of aliphatic hydroxyl groups is 1. The van der Waals surface area contributed by atoms with Crippen LogP contribution in [0.2, 0.25) is 0 Å². The number of rotatable bonds is 13. The van der Waals surface area contributed by atoms with E-state index in [2.05, 4.69) is 33.4 Å². The van der Waals surface area contributed by atoms with Crippen molar-refractivity contribution in [3.05, 3.63) is 89.5 Å². The highest BCUT2D eigenvalue weighted by molar-refractivity contribution is 5.98. The molecule has 242 valence electrons. The lowest BCUT2D eigenvalue weighted by Crippen LogP contribution is -2.55. The molecule has 46 heavy (non-hydrogen) atoms. The van der Waals surface area contributed by atoms with Crippen LogP contribution in [0.15, 0.2) is 72.8 Å². The van der Waals surface area contributed by atoms with E-state index in [-0.39, 0.29) is 38.0 Å². The van der Waals surface area contributed by atoms with Crippen molar-refractivity contribution in [3.63, 3.8) is 0 Å². The third-order valence-corrected chi connectivity index (χ3v) is 8.78. The maximum atomic E-state index is 13.8. The molecule has 0 aromatic heterocycles. The Morgan fingerprint density at radius 3 is 2.09 bits per heavy atom. The molecule has 2 aliphatic carbocycles. The van der Waals surface area contributed by atoms with Crippen LogP contribution in [0, 0.1) is 5.92 Å². The third-order valence-electron chi connectivity index (χ3n) is 8.78. The summed E-state index contributed by atoms with van der Waals surface area (Å²) in [5.41, 5.74) is 10.8. The molecule has 2 aliphatic rings. The van der Waals surface area contributed by atoms with Crippen molar-refractivity contribution in [1.29, 1.82) is 0 Å². The van der Waals surface area contributed by atoms with Crippen LogP contribution < -0.4 is 27.0 Å². The number of anilines is 1. The molecule has 5 amide bonds. The first kappa shape index (κ1) is 32.5. The van der Waals surface area contributed by atoms with E-state index in [9.17, 15) is 24.3 Å². The molecule has 7 N–H and O–H groups in total. The molecular weight excluding hydrogens is 586 g/mol. The lowest BCUT2D eigenvalue weighted by atomic mass is 9.96. The van der Waals surface area contributed by atoms with Gasteiger partial charge in [-0.25, -0.2) is 9.59 Å². The van der Waals surface area contributed by atoms with Gasteiger partial charge in [-0.05, 0) is 71.6 Å². The molecule has 2 atom stereocenters. The van der Waals surface area contributed by atoms with Crippen LogP contribution in [-0.2, 0) is 20.9 Å². The topological polar surface area (TPSA) is 172 Å². The second kappa shape index (κ2) is 15.4. The summed E-state index contributed by atoms with van der Waals surface area (Å²) in [5, 5.41) is 20.3. The van der Waals surface area contributed by atoms with Crippen molar-refractivity contribution in [2.24, 2.45) is 11.7 Å². The fourth-order valence-electron chi connectivity index (χ4n) is 6.43. The average Bonchev–Trinajstić information content (AvgIpc) is 3.71. The summed E-state index contributed by atoms with van der Waals surface area (Å²) in [5.74, 6) is -1.15. The van der Waals surface area contributed by atoms with Gasteiger partial charge in [0.05, 0.1) is 6.61 Å². The summed E-state index contributed by atoms with van der Waals surface area (Å²) in [4.78, 5) is 51.5. The molecular formula is C35H41N5O6. The van der Waals surface area contributed by atoms with Crippen LogP contribution in [0.1, 0.15) is 61.1 Å². The number of hydrogen-bond donors (Lipinski definition) is 6. The number of fused-ring (bicyclic) bond motifs is 3. The van der Waals surface area contributed by atoms with E-state index in [1.54, 1.807) is 24.3 Å². The van der Waals surface area contributed by atoms with E-state index in [0.29, 0.717) is 17.7 Å². The van der Waals surface area contributed by atoms with E-state index in [4.69, 9.17) is 10.5 Å². The number of primary amides is 1. The fourth-order valence-corrected chi connectivity index (χ4v) is 6.43. The Morgan fingerprint density at radius 1 is 0.848 bits per heavy atom. The number of alkyl carbamates (subject to hydrolysis) is 1. The summed E-state index contributed by atoms with van der Waals surface area (Å²) in [6.07, 6.45) is 3.30. The maximum Gasteiger partial charge on any atom is 0.407 e. The number of hydrogen-bond acceptors (Lipinski definition) is 6. The second-order valence-electron chi connectivity index (χ2n) is 11.8. The van der Waals surface area contributed by atoms with Gasteiger partial charge in [0, 0.05) is 18.2 Å². The highest BCUT2D eigenvalue weighted by atomic mass is 16.5. The van der Waals surface area contributed by atoms with Crippen molar-refractivity contribution >= 4 is 29.6 Å². The van der Waals surface area contributed by atoms with Gasteiger partial charge >= 0.3 is 12.1 Å². The predicted octanol–water partition coefficient (Wildman–Crippen LogP) is 4.15. The van der Waals surface area contributed by atoms with Crippen LogP contribution in [0.3, 0.4) is 0 Å². The highest BCUT2D eigenvalue weighted by Gasteiger charge is 2.35. The zero-order chi connectivity index (χ0) is 32.5. The standard InChI is InChI=1S/C35H41N5O6/c36-34(44)37-19-7-14-30(32(42)38-24-17-15-22(20-41)16-18-24)39-33(43)31(23-8-1-2-9-23)40-35(45)46-21-29-27-12-5-3-10-25(27)26-11-4-6-13-28(26)29/h3-6,10-13,15-18,23,29-31,41H,1-2,7-9,14,19-21H2,(H,38,42)(H,39,43)(H,40,45)(H3,36,37,44)/t30-,31-/m0/s1. The van der Waals surface area contributed by atoms with Crippen LogP contribution >= 0.6 is 0 Å². The smallest absolute Gasteiger partial charge is 0.407 e. The van der Waals surface area contributed by atoms with E-state index in [1.807, 2.05) is 36.4 Å². The van der Waals surface area contributed by atoms with E-state index in [1.165, 1.54) is 0 Å². The van der Waals surface area contributed by atoms with E-state index >= 15 is 0 Å². The monoisotopic (exact) mass is 627 g/mol. The Bertz CT molecular complexity index is 1490. The van der Waals surface area contributed by atoms with Gasteiger partial charge in [0.15, 0.2) is 0 Å². The molecule has 0 unspecified atom stereocenters. The Hall–Kier alpha value is -4.90. The quantitative estimate of drug-likeness (QED) is 0.155. The predicted molar refractivity (Wildman–Crippen MR) is 174 cm³/mol. The minimum atomic E-state index is -0.951. The zero-order valence-corrected chi connectivity index (χ0v) is 25.7. The number of amides is 5. The molecule has 0 saturated heterocycles. The number of nitrogens with two attached hydrogens (primary N) is 1. The number of carbonyl (C=O) groups excluding carboxylic acids is 4. The highest BCUT2D eigenvalue weighted by Crippen LogP contribution is 2.44. The van der Waals surface area contributed by atoms with Crippen LogP contribution in [0.4, 0.5) is 15.3 Å². The van der Waals surface area contributed by atoms with Gasteiger partial charge in [0.25, 0.3) is 0 Å². The van der Waals surface area contributed by atoms with Crippen LogP contribution in [-0.4, -0.2) is 54.3 Å². The van der Waals surface area contributed by atoms with Crippen molar-refractivity contribution < 1.29 is 29.0 Å². The molecule has 0 aliphatic heterocycles. The summed E-state index contributed by atoms with van der Waals surface area (Å²) in [7, 11) is 0. The molecule has 11 nitrogen and oxygen atoms in total. The molecule has 5 rings (SSSR count). The lowest BCUT2D eigenvalue weighted by Gasteiger charge is -2.27. The average molecular weight is 628 g/mol. The van der Waals surface area contributed by atoms with Gasteiger partial charge in [-0.15, -0.1) is 0 Å². The van der Waals surface area contributed by atoms with Gasteiger partial charge in [-0.2, -0.15) is 0 Å². The molecule has 0 heterocycles. The molecule has 3 aromatic rings. The molecule has 0 spiro atoms. The number of ether oxygens (including phenoxy) is 1. The Kier molecular flexibility index (Phi) is 10.9. The molecule has 3 aromatic carbocycles. The van der Waals surface area contributed by atoms with Crippen molar-refractivity contribution in [3.8, 4) is 11.1 Å². The maximum absolute atomic E-state index is 13.8. The van der Waals surface area contributed by atoms with Crippen molar-refractivity contribution in [2.75, 3.05) is 18.5 Å². The molecule has 0 bridgehead atoms. The Morgan fingerprint density at radius 2 is 1.48 bits per heavy atom. The molecule has 1 fully saturated rings. The van der Waals surface area contributed by atoms with Gasteiger partial charge in [0.1, 0.15) is 18.7 Å². The number of nitrogens with one attached hydrogen (secondary N) is 4. The normalized spacial score (nSPS) is 15.2. The molecule has 11 heteroatoms. The van der Waals surface area contributed by atoms with Crippen LogP contribution in [0.25, 0.3) is 11.1 Å². The van der Waals surface area contributed by atoms with Gasteiger partial charge in [0.2, 0.25) is 11.8 Å². The van der Waals surface area contributed by atoms with E-state index in [0.717, 1.165) is 47.9 Å². The van der Waals surface area contributed by atoms with Crippen LogP contribution in [0.5, 0.6) is 0 Å². The van der Waals surface area contributed by atoms with Crippen molar-refractivity contribution in [2.45, 2.75) is 63.1 Å². The summed E-state index contributed by atoms with van der Waals surface area (Å²) in [6.45, 7) is 0.217. The van der Waals surface area contributed by atoms with E-state index < -0.39 is 36.0 Å². The first-order valence-corrected chi connectivity index (χ1v) is 15.8. The van der Waals surface area contributed by atoms with Gasteiger partial charge in [-0.3, -0.25) is 9.59 Å². The van der Waals surface area contributed by atoms with Crippen molar-refractivity contribution in [1.82, 2.24) is 16.0 Å². The minimum Gasteiger partial charge on any atom is -0.449 e. The first-order chi connectivity index (χ1) is 22.3. The first-order valence-electron chi connectivity index (χ1n) is 15.8. The lowest BCUT2D eigenvalue weighted by molar-refractivity contribution is -0.128. The second-order valence-corrected chi connectivity index (χ2v) is 11.8. The number of urea groups is 1. The molecule has 1 saturated carbocycles. The Labute approximate surface area is 268 Å². The summed E-state index contributed by atoms with van der Waals surface area (Å²) < 4.78 is 5.75. The SMILES string of the molecule is NC(=O)NCCC[C@H](NC(=O)[C@@H](NC(=O)OCC1c2ccccc2-c2ccccc21)C1CCCC1)C(=O)Nc1ccc(CO)cc1. The minimum absolute atomic E-state index is 0.105. The summed E-state index contributed by atoms with van der Waals surface area (Å²) >= 11 is 0. The van der Waals surface area contributed by atoms with Gasteiger partial charge in [-0.1, -0.05) is 73.5 Å². The summed E-state index contributed by atoms with van der Waals surface area (Å²) in [6, 6.07) is 20.3.